The zero-order valence-electron chi connectivity index (χ0n) is 9.09. The first-order valence-electron chi connectivity index (χ1n) is 5.38. The second kappa shape index (κ2) is 4.45. The third-order valence-corrected chi connectivity index (χ3v) is 2.96. The Morgan fingerprint density at radius 3 is 2.76 bits per heavy atom. The fraction of sp³-hybridized carbons (Fsp3) is 0.333. The van der Waals surface area contributed by atoms with E-state index in [4.69, 9.17) is 0 Å². The number of hydrogen-bond donors (Lipinski definition) is 0. The van der Waals surface area contributed by atoms with Gasteiger partial charge in [-0.1, -0.05) is 12.1 Å². The van der Waals surface area contributed by atoms with Gasteiger partial charge in [-0.3, -0.25) is 19.7 Å². The number of nitro benzene ring substituents is 1. The van der Waals surface area contributed by atoms with Gasteiger partial charge in [0.1, 0.15) is 5.78 Å². The standard InChI is InChI=1S/C12H11NO4/c14-11-5-4-9(7-11)12(15)8-2-1-3-10(6-8)13(16)17/h1-3,6,9H,4-5,7H2. The topological polar surface area (TPSA) is 77.3 Å². The molecule has 5 heteroatoms. The molecule has 0 saturated heterocycles. The number of nitrogens with zero attached hydrogens (tertiary/aromatic N) is 1. The molecule has 0 amide bonds. The van der Waals surface area contributed by atoms with Crippen LogP contribution in [0.25, 0.3) is 0 Å². The maximum atomic E-state index is 12.0. The summed E-state index contributed by atoms with van der Waals surface area (Å²) in [6.07, 6.45) is 1.26. The summed E-state index contributed by atoms with van der Waals surface area (Å²) in [4.78, 5) is 33.2. The minimum atomic E-state index is -0.531. The summed E-state index contributed by atoms with van der Waals surface area (Å²) in [5.41, 5.74) is 0.221. The molecule has 1 aliphatic carbocycles. The highest BCUT2D eigenvalue weighted by Crippen LogP contribution is 2.26. The molecule has 0 aliphatic heterocycles. The van der Waals surface area contributed by atoms with Gasteiger partial charge in [0.25, 0.3) is 5.69 Å². The predicted octanol–water partition coefficient (Wildman–Crippen LogP) is 2.15. The molecular formula is C12H11NO4. The molecule has 1 fully saturated rings. The molecule has 0 N–H and O–H groups in total. The van der Waals surface area contributed by atoms with Crippen molar-refractivity contribution in [3.8, 4) is 0 Å². The SMILES string of the molecule is O=C1CCC(C(=O)c2cccc([N+](=O)[O-])c2)C1. The van der Waals surface area contributed by atoms with Crippen molar-refractivity contribution in [3.63, 3.8) is 0 Å². The lowest BCUT2D eigenvalue weighted by atomic mass is 9.96. The highest BCUT2D eigenvalue weighted by atomic mass is 16.6. The van der Waals surface area contributed by atoms with Crippen molar-refractivity contribution in [2.45, 2.75) is 19.3 Å². The summed E-state index contributed by atoms with van der Waals surface area (Å²) < 4.78 is 0. The summed E-state index contributed by atoms with van der Waals surface area (Å²) in [5, 5.41) is 10.6. The molecular weight excluding hydrogens is 222 g/mol. The van der Waals surface area contributed by atoms with Crippen LogP contribution in [0.15, 0.2) is 24.3 Å². The molecule has 1 aliphatic rings. The molecule has 1 aromatic carbocycles. The van der Waals surface area contributed by atoms with Crippen molar-refractivity contribution in [2.24, 2.45) is 5.92 Å². The molecule has 1 aromatic rings. The van der Waals surface area contributed by atoms with Crippen molar-refractivity contribution in [2.75, 3.05) is 0 Å². The Hall–Kier alpha value is -2.04. The molecule has 1 atom stereocenters. The first kappa shape index (κ1) is 11.4. The second-order valence-corrected chi connectivity index (χ2v) is 4.15. The van der Waals surface area contributed by atoms with E-state index in [1.54, 1.807) is 6.07 Å². The number of rotatable bonds is 3. The van der Waals surface area contributed by atoms with E-state index >= 15 is 0 Å². The highest BCUT2D eigenvalue weighted by molar-refractivity contribution is 6.01. The normalized spacial score (nSPS) is 19.3. The second-order valence-electron chi connectivity index (χ2n) is 4.15. The van der Waals surface area contributed by atoms with Gasteiger partial charge in [0, 0.05) is 36.5 Å². The van der Waals surface area contributed by atoms with Crippen LogP contribution in [0.2, 0.25) is 0 Å². The van der Waals surface area contributed by atoms with E-state index in [0.717, 1.165) is 0 Å². The molecule has 2 rings (SSSR count). The van der Waals surface area contributed by atoms with E-state index in [0.29, 0.717) is 18.4 Å². The van der Waals surface area contributed by atoms with Crippen LogP contribution >= 0.6 is 0 Å². The quantitative estimate of drug-likeness (QED) is 0.455. The van der Waals surface area contributed by atoms with Crippen LogP contribution in [0.4, 0.5) is 5.69 Å². The summed E-state index contributed by atoms with van der Waals surface area (Å²) >= 11 is 0. The van der Waals surface area contributed by atoms with E-state index in [9.17, 15) is 19.7 Å². The monoisotopic (exact) mass is 233 g/mol. The van der Waals surface area contributed by atoms with Gasteiger partial charge in [0.2, 0.25) is 0 Å². The van der Waals surface area contributed by atoms with E-state index in [2.05, 4.69) is 0 Å². The van der Waals surface area contributed by atoms with Crippen molar-refractivity contribution in [1.82, 2.24) is 0 Å². The van der Waals surface area contributed by atoms with E-state index in [-0.39, 0.29) is 29.6 Å². The smallest absolute Gasteiger partial charge is 0.270 e. The van der Waals surface area contributed by atoms with Gasteiger partial charge in [0.05, 0.1) is 4.92 Å². The van der Waals surface area contributed by atoms with Gasteiger partial charge in [-0.05, 0) is 6.42 Å². The molecule has 1 saturated carbocycles. The molecule has 0 heterocycles. The lowest BCUT2D eigenvalue weighted by Gasteiger charge is -2.06. The molecule has 5 nitrogen and oxygen atoms in total. The van der Waals surface area contributed by atoms with E-state index in [1.165, 1.54) is 18.2 Å². The largest absolute Gasteiger partial charge is 0.300 e. The maximum Gasteiger partial charge on any atom is 0.270 e. The lowest BCUT2D eigenvalue weighted by molar-refractivity contribution is -0.384. The number of ketones is 2. The Kier molecular flexibility index (Phi) is 2.99. The van der Waals surface area contributed by atoms with Crippen molar-refractivity contribution in [1.29, 1.82) is 0 Å². The van der Waals surface area contributed by atoms with Gasteiger partial charge in [-0.25, -0.2) is 0 Å². The number of nitro groups is 1. The Balaban J connectivity index is 2.22. The van der Waals surface area contributed by atoms with Crippen LogP contribution in [0, 0.1) is 16.0 Å². The number of Topliss-reactive ketones (excluding diaryl/α,β-unsaturated/α-hetero) is 2. The van der Waals surface area contributed by atoms with Gasteiger partial charge >= 0.3 is 0 Å². The summed E-state index contributed by atoms with van der Waals surface area (Å²) in [5.74, 6) is -0.377. The van der Waals surface area contributed by atoms with Crippen molar-refractivity contribution >= 4 is 17.3 Å². The summed E-state index contributed by atoms with van der Waals surface area (Å²) in [7, 11) is 0. The fourth-order valence-electron chi connectivity index (χ4n) is 2.05. The first-order valence-corrected chi connectivity index (χ1v) is 5.38. The van der Waals surface area contributed by atoms with Crippen molar-refractivity contribution < 1.29 is 14.5 Å². The predicted molar refractivity (Wildman–Crippen MR) is 59.8 cm³/mol. The van der Waals surface area contributed by atoms with Gasteiger partial charge < -0.3 is 0 Å². The Morgan fingerprint density at radius 1 is 1.41 bits per heavy atom. The van der Waals surface area contributed by atoms with E-state index in [1.807, 2.05) is 0 Å². The van der Waals surface area contributed by atoms with Gasteiger partial charge in [-0.15, -0.1) is 0 Å². The maximum absolute atomic E-state index is 12.0. The fourth-order valence-corrected chi connectivity index (χ4v) is 2.05. The third kappa shape index (κ3) is 2.38. The number of benzene rings is 1. The van der Waals surface area contributed by atoms with Crippen LogP contribution in [-0.2, 0) is 4.79 Å². The average Bonchev–Trinajstić information content (AvgIpc) is 2.75. The number of carbonyl (C=O) groups is 2. The zero-order chi connectivity index (χ0) is 12.4. The molecule has 0 bridgehead atoms. The number of hydrogen-bond acceptors (Lipinski definition) is 4. The van der Waals surface area contributed by atoms with Gasteiger partial charge in [0.15, 0.2) is 5.78 Å². The number of carbonyl (C=O) groups excluding carboxylic acids is 2. The average molecular weight is 233 g/mol. The summed E-state index contributed by atoms with van der Waals surface area (Å²) in [6.45, 7) is 0. The van der Waals surface area contributed by atoms with Gasteiger partial charge in [-0.2, -0.15) is 0 Å². The molecule has 0 aromatic heterocycles. The summed E-state index contributed by atoms with van der Waals surface area (Å²) in [6, 6.07) is 5.65. The van der Waals surface area contributed by atoms with Crippen LogP contribution in [0.3, 0.4) is 0 Å². The molecule has 0 spiro atoms. The van der Waals surface area contributed by atoms with E-state index < -0.39 is 4.92 Å². The Morgan fingerprint density at radius 2 is 2.18 bits per heavy atom. The zero-order valence-corrected chi connectivity index (χ0v) is 9.09. The molecule has 1 unspecified atom stereocenters. The number of non-ortho nitro benzene ring substituents is 1. The van der Waals surface area contributed by atoms with Crippen LogP contribution < -0.4 is 0 Å². The van der Waals surface area contributed by atoms with Crippen LogP contribution in [0.1, 0.15) is 29.6 Å². The highest BCUT2D eigenvalue weighted by Gasteiger charge is 2.29. The van der Waals surface area contributed by atoms with Crippen LogP contribution in [0.5, 0.6) is 0 Å². The molecule has 17 heavy (non-hydrogen) atoms. The third-order valence-electron chi connectivity index (χ3n) is 2.96. The van der Waals surface area contributed by atoms with Crippen molar-refractivity contribution in [3.05, 3.63) is 39.9 Å². The Bertz CT molecular complexity index is 495. The molecule has 88 valence electrons. The minimum absolute atomic E-state index is 0.0915. The Labute approximate surface area is 97.6 Å². The van der Waals surface area contributed by atoms with Crippen LogP contribution in [-0.4, -0.2) is 16.5 Å². The lowest BCUT2D eigenvalue weighted by Crippen LogP contribution is -2.12. The minimum Gasteiger partial charge on any atom is -0.300 e. The first-order chi connectivity index (χ1) is 8.08. The molecule has 0 radical (unpaired) electrons.